The van der Waals surface area contributed by atoms with Crippen LogP contribution in [0.5, 0.6) is 0 Å². The average molecular weight is 389 g/mol. The van der Waals surface area contributed by atoms with Gasteiger partial charge in [-0.3, -0.25) is 9.48 Å². The summed E-state index contributed by atoms with van der Waals surface area (Å²) in [7, 11) is 0. The van der Waals surface area contributed by atoms with E-state index in [1.165, 1.54) is 10.7 Å². The number of aromatic nitrogens is 4. The van der Waals surface area contributed by atoms with E-state index in [-0.39, 0.29) is 24.7 Å². The number of benzene rings is 1. The molecule has 0 aliphatic heterocycles. The fourth-order valence-electron chi connectivity index (χ4n) is 2.54. The molecule has 3 rings (SSSR count). The molecule has 0 bridgehead atoms. The molecule has 10 heteroatoms. The normalized spacial score (nSPS) is 10.7. The Morgan fingerprint density at radius 3 is 2.78 bits per heavy atom. The second-order valence-electron chi connectivity index (χ2n) is 5.91. The van der Waals surface area contributed by atoms with E-state index in [0.29, 0.717) is 23.1 Å². The van der Waals surface area contributed by atoms with Gasteiger partial charge in [0.2, 0.25) is 5.91 Å². The van der Waals surface area contributed by atoms with Crippen LogP contribution in [0.4, 0.5) is 11.6 Å². The van der Waals surface area contributed by atoms with Crippen molar-refractivity contribution in [1.29, 1.82) is 0 Å². The first-order valence-electron chi connectivity index (χ1n) is 8.18. The van der Waals surface area contributed by atoms with Crippen molar-refractivity contribution >= 4 is 29.1 Å². The third-order valence-electron chi connectivity index (χ3n) is 3.90. The molecule has 2 heterocycles. The molecular weight excluding hydrogens is 372 g/mol. The first-order valence-corrected chi connectivity index (χ1v) is 8.56. The zero-order valence-electron chi connectivity index (χ0n) is 14.5. The second-order valence-corrected chi connectivity index (χ2v) is 6.32. The van der Waals surface area contributed by atoms with E-state index in [1.807, 2.05) is 24.3 Å². The summed E-state index contributed by atoms with van der Waals surface area (Å²) in [4.78, 5) is 22.3. The molecule has 2 aromatic heterocycles. The lowest BCUT2D eigenvalue weighted by Gasteiger charge is -2.04. The van der Waals surface area contributed by atoms with Crippen LogP contribution < -0.4 is 5.32 Å². The number of nitro groups is 1. The number of hydrogen-bond acceptors (Lipinski definition) is 5. The van der Waals surface area contributed by atoms with Gasteiger partial charge in [0.1, 0.15) is 0 Å². The lowest BCUT2D eigenvalue weighted by Crippen LogP contribution is -2.16. The van der Waals surface area contributed by atoms with Crippen molar-refractivity contribution in [2.45, 2.75) is 26.4 Å². The summed E-state index contributed by atoms with van der Waals surface area (Å²) in [6.07, 6.45) is 1.87. The van der Waals surface area contributed by atoms with Gasteiger partial charge in [-0.2, -0.15) is 9.78 Å². The number of anilines is 1. The Bertz CT molecular complexity index is 981. The highest BCUT2D eigenvalue weighted by atomic mass is 35.5. The van der Waals surface area contributed by atoms with Crippen molar-refractivity contribution in [2.75, 3.05) is 5.32 Å². The Kier molecular flexibility index (Phi) is 5.51. The highest BCUT2D eigenvalue weighted by Gasteiger charge is 2.16. The Morgan fingerprint density at radius 2 is 2.07 bits per heavy atom. The smallest absolute Gasteiger partial charge is 0.358 e. The summed E-state index contributed by atoms with van der Waals surface area (Å²) in [5, 5.41) is 22.2. The van der Waals surface area contributed by atoms with Crippen LogP contribution in [0.25, 0.3) is 0 Å². The molecular formula is C17H17ClN6O3. The molecule has 0 saturated carbocycles. The number of carbonyl (C=O) groups excluding carboxylic acids is 1. The van der Waals surface area contributed by atoms with Gasteiger partial charge in [0, 0.05) is 23.7 Å². The number of amides is 1. The number of carbonyl (C=O) groups is 1. The van der Waals surface area contributed by atoms with Gasteiger partial charge >= 0.3 is 5.82 Å². The van der Waals surface area contributed by atoms with Gasteiger partial charge in [-0.1, -0.05) is 29.8 Å². The van der Waals surface area contributed by atoms with Gasteiger partial charge in [-0.25, -0.2) is 0 Å². The maximum absolute atomic E-state index is 12.1. The molecule has 0 aliphatic rings. The van der Waals surface area contributed by atoms with Crippen LogP contribution in [0.2, 0.25) is 5.02 Å². The van der Waals surface area contributed by atoms with Gasteiger partial charge in [-0.15, -0.1) is 0 Å². The Labute approximate surface area is 159 Å². The minimum absolute atomic E-state index is 0.122. The van der Waals surface area contributed by atoms with Gasteiger partial charge in [0.25, 0.3) is 0 Å². The molecule has 1 aromatic carbocycles. The maximum Gasteiger partial charge on any atom is 0.390 e. The average Bonchev–Trinajstić information content (AvgIpc) is 3.21. The Morgan fingerprint density at radius 1 is 1.30 bits per heavy atom. The predicted octanol–water partition coefficient (Wildman–Crippen LogP) is 3.03. The molecule has 0 saturated heterocycles. The summed E-state index contributed by atoms with van der Waals surface area (Å²) >= 11 is 6.14. The largest absolute Gasteiger partial charge is 0.390 e. The number of aryl methyl sites for hydroxylation is 2. The Balaban J connectivity index is 1.55. The van der Waals surface area contributed by atoms with Crippen molar-refractivity contribution in [1.82, 2.24) is 19.6 Å². The predicted molar refractivity (Wildman–Crippen MR) is 99.6 cm³/mol. The lowest BCUT2D eigenvalue weighted by molar-refractivity contribution is -0.389. The molecule has 0 atom stereocenters. The van der Waals surface area contributed by atoms with E-state index in [4.69, 9.17) is 11.6 Å². The van der Waals surface area contributed by atoms with Crippen LogP contribution in [0, 0.1) is 17.0 Å². The van der Waals surface area contributed by atoms with Crippen molar-refractivity contribution in [3.63, 3.8) is 0 Å². The van der Waals surface area contributed by atoms with Crippen LogP contribution >= 0.6 is 11.6 Å². The van der Waals surface area contributed by atoms with Gasteiger partial charge < -0.3 is 15.4 Å². The van der Waals surface area contributed by atoms with Crippen LogP contribution in [0.3, 0.4) is 0 Å². The van der Waals surface area contributed by atoms with Crippen molar-refractivity contribution in [3.05, 3.63) is 69.0 Å². The monoisotopic (exact) mass is 388 g/mol. The minimum Gasteiger partial charge on any atom is -0.358 e. The van der Waals surface area contributed by atoms with Gasteiger partial charge in [-0.05, 0) is 23.5 Å². The molecule has 140 valence electrons. The summed E-state index contributed by atoms with van der Waals surface area (Å²) in [6, 6.07) is 10.5. The fraction of sp³-hybridized carbons (Fsp3) is 0.235. The summed E-state index contributed by atoms with van der Waals surface area (Å²) in [5.74, 6) is -0.0583. The zero-order valence-corrected chi connectivity index (χ0v) is 15.3. The molecule has 1 N–H and O–H groups in total. The van der Waals surface area contributed by atoms with E-state index >= 15 is 0 Å². The molecule has 0 unspecified atom stereocenters. The molecule has 1 amide bonds. The van der Waals surface area contributed by atoms with Crippen molar-refractivity contribution < 1.29 is 9.72 Å². The van der Waals surface area contributed by atoms with E-state index in [0.717, 1.165) is 5.56 Å². The third-order valence-corrected chi connectivity index (χ3v) is 4.27. The van der Waals surface area contributed by atoms with E-state index in [2.05, 4.69) is 15.5 Å². The van der Waals surface area contributed by atoms with Gasteiger partial charge in [0.05, 0.1) is 29.9 Å². The topological polar surface area (TPSA) is 108 Å². The molecule has 27 heavy (non-hydrogen) atoms. The number of nitrogens with zero attached hydrogens (tertiary/aromatic N) is 5. The number of hydrogen-bond donors (Lipinski definition) is 1. The zero-order chi connectivity index (χ0) is 19.4. The van der Waals surface area contributed by atoms with E-state index in [1.54, 1.807) is 23.9 Å². The highest BCUT2D eigenvalue weighted by molar-refractivity contribution is 6.31. The van der Waals surface area contributed by atoms with Crippen LogP contribution in [0.1, 0.15) is 17.7 Å². The van der Waals surface area contributed by atoms with Gasteiger partial charge in [0.15, 0.2) is 5.82 Å². The third kappa shape index (κ3) is 4.70. The fourth-order valence-corrected chi connectivity index (χ4v) is 2.73. The number of nitrogens with one attached hydrogen (secondary N) is 1. The summed E-state index contributed by atoms with van der Waals surface area (Å²) in [6.45, 7) is 2.44. The number of halogens is 1. The molecule has 0 fully saturated rings. The first-order chi connectivity index (χ1) is 12.9. The highest BCUT2D eigenvalue weighted by Crippen LogP contribution is 2.16. The second kappa shape index (κ2) is 8.00. The summed E-state index contributed by atoms with van der Waals surface area (Å²) in [5.41, 5.74) is 1.55. The molecule has 3 aromatic rings. The van der Waals surface area contributed by atoms with Crippen LogP contribution in [0.15, 0.2) is 42.6 Å². The molecule has 0 aliphatic carbocycles. The maximum atomic E-state index is 12.1. The van der Waals surface area contributed by atoms with Crippen molar-refractivity contribution in [2.24, 2.45) is 0 Å². The standard InChI is InChI=1S/C17H17ClN6O3/c1-12-10-16(24(26)27)21-23(12)9-7-17(25)19-15-6-8-22(20-15)11-13-4-2-3-5-14(13)18/h2-6,8,10H,7,9,11H2,1H3,(H,19,20,25). The van der Waals surface area contributed by atoms with Crippen LogP contribution in [-0.2, 0) is 17.9 Å². The molecule has 9 nitrogen and oxygen atoms in total. The Hall–Kier alpha value is -3.20. The summed E-state index contributed by atoms with van der Waals surface area (Å²) < 4.78 is 3.12. The van der Waals surface area contributed by atoms with Crippen LogP contribution in [-0.4, -0.2) is 30.4 Å². The lowest BCUT2D eigenvalue weighted by atomic mass is 10.2. The first kappa shape index (κ1) is 18.6. The molecule has 0 radical (unpaired) electrons. The quantitative estimate of drug-likeness (QED) is 0.494. The van der Waals surface area contributed by atoms with E-state index in [9.17, 15) is 14.9 Å². The van der Waals surface area contributed by atoms with E-state index < -0.39 is 4.92 Å². The minimum atomic E-state index is -0.560. The SMILES string of the molecule is Cc1cc([N+](=O)[O-])nn1CCC(=O)Nc1ccn(Cc2ccccc2Cl)n1. The number of rotatable bonds is 7. The molecule has 0 spiro atoms. The van der Waals surface area contributed by atoms with Crippen molar-refractivity contribution in [3.8, 4) is 0 Å².